The standard InChI is InChI=1S/C24H26O13/c1-32-11-5-4-9(6-12(11)33-2)21-23(37-24-20(31)19(30)16(27)14(8-25)36-24)18(29)15-13(35-21)7-10(26)22(34-3)17(15)28/h4-7,14,16,19-20,24-28,30-31H,8H2,1-3H3/t14-,16-,19-,20+,24+/m1/s1. The molecule has 2 aromatic carbocycles. The van der Waals surface area contributed by atoms with Crippen LogP contribution in [0.5, 0.6) is 34.5 Å². The van der Waals surface area contributed by atoms with Crippen molar-refractivity contribution in [2.24, 2.45) is 0 Å². The third-order valence-corrected chi connectivity index (χ3v) is 5.98. The molecule has 5 atom stereocenters. The molecule has 0 saturated carbocycles. The number of hydrogen-bond acceptors (Lipinski definition) is 13. The van der Waals surface area contributed by atoms with Crippen molar-refractivity contribution in [2.45, 2.75) is 30.7 Å². The highest BCUT2D eigenvalue weighted by atomic mass is 16.7. The lowest BCUT2D eigenvalue weighted by molar-refractivity contribution is -0.277. The smallest absolute Gasteiger partial charge is 0.239 e. The minimum Gasteiger partial charge on any atom is -0.504 e. The topological polar surface area (TPSA) is 198 Å². The summed E-state index contributed by atoms with van der Waals surface area (Å²) in [5.41, 5.74) is -0.948. The van der Waals surface area contributed by atoms with E-state index in [4.69, 9.17) is 28.1 Å². The van der Waals surface area contributed by atoms with Gasteiger partial charge in [0.1, 0.15) is 35.4 Å². The van der Waals surface area contributed by atoms with Crippen molar-refractivity contribution < 1.29 is 58.7 Å². The summed E-state index contributed by atoms with van der Waals surface area (Å²) in [6, 6.07) is 5.57. The number of phenolic OH excluding ortho intramolecular Hbond substituents is 2. The van der Waals surface area contributed by atoms with Crippen molar-refractivity contribution in [1.29, 1.82) is 0 Å². The van der Waals surface area contributed by atoms with Crippen molar-refractivity contribution in [2.75, 3.05) is 27.9 Å². The molecule has 6 N–H and O–H groups in total. The fraction of sp³-hybridized carbons (Fsp3) is 0.375. The zero-order chi connectivity index (χ0) is 27.0. The first-order chi connectivity index (χ1) is 17.7. The first kappa shape index (κ1) is 26.3. The van der Waals surface area contributed by atoms with Gasteiger partial charge in [-0.1, -0.05) is 0 Å². The van der Waals surface area contributed by atoms with E-state index in [1.807, 2.05) is 0 Å². The summed E-state index contributed by atoms with van der Waals surface area (Å²) in [4.78, 5) is 13.6. The zero-order valence-electron chi connectivity index (χ0n) is 19.9. The van der Waals surface area contributed by atoms with Gasteiger partial charge in [0.15, 0.2) is 28.8 Å². The summed E-state index contributed by atoms with van der Waals surface area (Å²) in [5, 5.41) is 60.6. The van der Waals surface area contributed by atoms with Crippen LogP contribution in [0.1, 0.15) is 0 Å². The Kier molecular flexibility index (Phi) is 7.34. The highest BCUT2D eigenvalue weighted by Gasteiger charge is 2.45. The molecule has 0 radical (unpaired) electrons. The van der Waals surface area contributed by atoms with E-state index >= 15 is 0 Å². The first-order valence-electron chi connectivity index (χ1n) is 11.0. The highest BCUT2D eigenvalue weighted by Crippen LogP contribution is 2.44. The van der Waals surface area contributed by atoms with Crippen molar-refractivity contribution in [3.05, 3.63) is 34.5 Å². The Labute approximate surface area is 209 Å². The lowest BCUT2D eigenvalue weighted by atomic mass is 9.99. The molecule has 13 nitrogen and oxygen atoms in total. The molecule has 37 heavy (non-hydrogen) atoms. The Morgan fingerprint density at radius 1 is 0.892 bits per heavy atom. The average molecular weight is 522 g/mol. The van der Waals surface area contributed by atoms with Crippen LogP contribution in [-0.4, -0.2) is 89.3 Å². The molecule has 1 aliphatic heterocycles. The largest absolute Gasteiger partial charge is 0.504 e. The number of ether oxygens (including phenoxy) is 5. The SMILES string of the molecule is COc1ccc(-c2oc3cc(O)c(OC)c(O)c3c(=O)c2O[C@@H]2O[C@H](CO)[C@@H](O)[C@@H](O)[C@@H]2O)cc1OC. The zero-order valence-corrected chi connectivity index (χ0v) is 19.9. The van der Waals surface area contributed by atoms with E-state index in [1.54, 1.807) is 0 Å². The number of benzene rings is 2. The lowest BCUT2D eigenvalue weighted by Crippen LogP contribution is -2.60. The van der Waals surface area contributed by atoms with Crippen LogP contribution in [-0.2, 0) is 4.74 Å². The molecule has 2 heterocycles. The molecule has 1 saturated heterocycles. The van der Waals surface area contributed by atoms with E-state index in [0.29, 0.717) is 5.75 Å². The maximum Gasteiger partial charge on any atom is 0.239 e. The molecule has 1 fully saturated rings. The normalized spacial score (nSPS) is 23.6. The molecule has 13 heteroatoms. The number of rotatable bonds is 7. The van der Waals surface area contributed by atoms with E-state index in [9.17, 15) is 35.4 Å². The van der Waals surface area contributed by atoms with Crippen molar-refractivity contribution in [3.8, 4) is 45.8 Å². The molecule has 200 valence electrons. The van der Waals surface area contributed by atoms with Crippen LogP contribution < -0.4 is 24.4 Å². The molecular weight excluding hydrogens is 496 g/mol. The van der Waals surface area contributed by atoms with Gasteiger partial charge in [-0.05, 0) is 18.2 Å². The summed E-state index contributed by atoms with van der Waals surface area (Å²) < 4.78 is 32.5. The highest BCUT2D eigenvalue weighted by molar-refractivity contribution is 5.91. The van der Waals surface area contributed by atoms with Crippen LogP contribution in [0.15, 0.2) is 33.5 Å². The third kappa shape index (κ3) is 4.47. The predicted molar refractivity (Wildman–Crippen MR) is 125 cm³/mol. The Morgan fingerprint density at radius 3 is 2.22 bits per heavy atom. The number of methoxy groups -OCH3 is 3. The number of aliphatic hydroxyl groups excluding tert-OH is 4. The number of aromatic hydroxyl groups is 2. The molecular formula is C24H26O13. The van der Waals surface area contributed by atoms with Gasteiger partial charge >= 0.3 is 0 Å². The monoisotopic (exact) mass is 522 g/mol. The Bertz CT molecular complexity index is 1350. The second-order valence-electron chi connectivity index (χ2n) is 8.13. The van der Waals surface area contributed by atoms with E-state index in [0.717, 1.165) is 6.07 Å². The molecule has 1 aliphatic rings. The van der Waals surface area contributed by atoms with Crippen LogP contribution in [0.25, 0.3) is 22.3 Å². The lowest BCUT2D eigenvalue weighted by Gasteiger charge is -2.39. The maximum atomic E-state index is 13.6. The molecule has 1 aromatic heterocycles. The second-order valence-corrected chi connectivity index (χ2v) is 8.13. The van der Waals surface area contributed by atoms with Crippen molar-refractivity contribution in [3.63, 3.8) is 0 Å². The maximum absolute atomic E-state index is 13.6. The third-order valence-electron chi connectivity index (χ3n) is 5.98. The van der Waals surface area contributed by atoms with E-state index in [-0.39, 0.29) is 22.7 Å². The van der Waals surface area contributed by atoms with Gasteiger partial charge in [-0.2, -0.15) is 0 Å². The average Bonchev–Trinajstić information content (AvgIpc) is 2.89. The minimum atomic E-state index is -1.84. The molecule has 4 rings (SSSR count). The fourth-order valence-corrected chi connectivity index (χ4v) is 4.04. The number of hydrogen-bond donors (Lipinski definition) is 6. The molecule has 0 aliphatic carbocycles. The molecule has 0 bridgehead atoms. The van der Waals surface area contributed by atoms with Crippen LogP contribution >= 0.6 is 0 Å². The fourth-order valence-electron chi connectivity index (χ4n) is 4.04. The predicted octanol–water partition coefficient (Wildman–Crippen LogP) is 0.0757. The van der Waals surface area contributed by atoms with Gasteiger partial charge in [0, 0.05) is 11.6 Å². The number of fused-ring (bicyclic) bond motifs is 1. The summed E-state index contributed by atoms with van der Waals surface area (Å²) >= 11 is 0. The van der Waals surface area contributed by atoms with E-state index < -0.39 is 71.1 Å². The summed E-state index contributed by atoms with van der Waals surface area (Å²) in [5.74, 6) is -1.78. The summed E-state index contributed by atoms with van der Waals surface area (Å²) in [6.45, 7) is -0.725. The summed E-state index contributed by atoms with van der Waals surface area (Å²) in [6.07, 6.45) is -8.33. The number of phenols is 2. The van der Waals surface area contributed by atoms with Gasteiger partial charge in [-0.3, -0.25) is 4.79 Å². The Hall–Kier alpha value is -3.75. The van der Waals surface area contributed by atoms with Gasteiger partial charge < -0.3 is 58.7 Å². The van der Waals surface area contributed by atoms with Gasteiger partial charge in [0.25, 0.3) is 0 Å². The van der Waals surface area contributed by atoms with Gasteiger partial charge in [0.2, 0.25) is 23.2 Å². The molecule has 0 amide bonds. The molecule has 0 unspecified atom stereocenters. The molecule has 3 aromatic rings. The number of aliphatic hydroxyl groups is 4. The van der Waals surface area contributed by atoms with Crippen LogP contribution in [0.2, 0.25) is 0 Å². The Balaban J connectivity index is 1.96. The van der Waals surface area contributed by atoms with E-state index in [1.165, 1.54) is 39.5 Å². The van der Waals surface area contributed by atoms with Gasteiger partial charge in [-0.15, -0.1) is 0 Å². The van der Waals surface area contributed by atoms with Gasteiger partial charge in [-0.25, -0.2) is 0 Å². The van der Waals surface area contributed by atoms with Crippen molar-refractivity contribution >= 4 is 11.0 Å². The second kappa shape index (κ2) is 10.3. The van der Waals surface area contributed by atoms with Gasteiger partial charge in [0.05, 0.1) is 27.9 Å². The quantitative estimate of drug-likeness (QED) is 0.244. The van der Waals surface area contributed by atoms with Crippen molar-refractivity contribution in [1.82, 2.24) is 0 Å². The van der Waals surface area contributed by atoms with Crippen LogP contribution in [0.4, 0.5) is 0 Å². The Morgan fingerprint density at radius 2 is 1.59 bits per heavy atom. The van der Waals surface area contributed by atoms with Crippen LogP contribution in [0.3, 0.4) is 0 Å². The van der Waals surface area contributed by atoms with E-state index in [2.05, 4.69) is 0 Å². The first-order valence-corrected chi connectivity index (χ1v) is 11.0. The summed E-state index contributed by atoms with van der Waals surface area (Å²) in [7, 11) is 4.00. The van der Waals surface area contributed by atoms with Crippen LogP contribution in [0, 0.1) is 0 Å². The molecule has 0 spiro atoms. The minimum absolute atomic E-state index is 0.223.